The standard InChI is InChI=1S/C19H30N4O/c1-16-5-4-6-17(15-16)23-13-11-22(12-14-23)10-3-2-9-21-18(24)19(20)7-8-19/h4-6,15H,2-3,7-14,20H2,1H3,(H,21,24). The van der Waals surface area contributed by atoms with Crippen LogP contribution in [0.1, 0.15) is 31.2 Å². The molecule has 3 N–H and O–H groups in total. The lowest BCUT2D eigenvalue weighted by Gasteiger charge is -2.36. The number of hydrogen-bond acceptors (Lipinski definition) is 4. The predicted molar refractivity (Wildman–Crippen MR) is 98.2 cm³/mol. The average molecular weight is 330 g/mol. The van der Waals surface area contributed by atoms with E-state index in [0.29, 0.717) is 0 Å². The van der Waals surface area contributed by atoms with Crippen molar-refractivity contribution in [2.45, 2.75) is 38.1 Å². The van der Waals surface area contributed by atoms with Crippen molar-refractivity contribution in [3.63, 3.8) is 0 Å². The van der Waals surface area contributed by atoms with Gasteiger partial charge in [0.1, 0.15) is 0 Å². The maximum Gasteiger partial charge on any atom is 0.240 e. The molecule has 0 spiro atoms. The third kappa shape index (κ3) is 4.48. The fourth-order valence-corrected chi connectivity index (χ4v) is 3.25. The average Bonchev–Trinajstić information content (AvgIpc) is 3.34. The van der Waals surface area contributed by atoms with Crippen LogP contribution in [-0.4, -0.2) is 55.6 Å². The van der Waals surface area contributed by atoms with Crippen LogP contribution in [0.3, 0.4) is 0 Å². The molecule has 1 aliphatic carbocycles. The van der Waals surface area contributed by atoms with Gasteiger partial charge in [0.15, 0.2) is 0 Å². The van der Waals surface area contributed by atoms with E-state index in [1.54, 1.807) is 0 Å². The second kappa shape index (κ2) is 7.53. The molecule has 1 saturated heterocycles. The molecule has 5 nitrogen and oxygen atoms in total. The Morgan fingerprint density at radius 3 is 2.62 bits per heavy atom. The van der Waals surface area contributed by atoms with Gasteiger partial charge in [0.25, 0.3) is 0 Å². The van der Waals surface area contributed by atoms with E-state index >= 15 is 0 Å². The Bertz CT molecular complexity index is 562. The summed E-state index contributed by atoms with van der Waals surface area (Å²) in [5.41, 5.74) is 7.99. The van der Waals surface area contributed by atoms with Crippen molar-refractivity contribution in [2.24, 2.45) is 5.73 Å². The van der Waals surface area contributed by atoms with Crippen molar-refractivity contribution < 1.29 is 4.79 Å². The van der Waals surface area contributed by atoms with Crippen LogP contribution in [0.4, 0.5) is 5.69 Å². The van der Waals surface area contributed by atoms with E-state index in [1.807, 2.05) is 0 Å². The van der Waals surface area contributed by atoms with Gasteiger partial charge in [-0.05, 0) is 56.8 Å². The maximum absolute atomic E-state index is 11.7. The molecule has 2 fully saturated rings. The number of aryl methyl sites for hydroxylation is 1. The molecule has 0 unspecified atom stereocenters. The van der Waals surface area contributed by atoms with Crippen LogP contribution in [0.5, 0.6) is 0 Å². The molecule has 0 radical (unpaired) electrons. The topological polar surface area (TPSA) is 61.6 Å². The summed E-state index contributed by atoms with van der Waals surface area (Å²) in [6.07, 6.45) is 3.83. The lowest BCUT2D eigenvalue weighted by Crippen LogP contribution is -2.46. The van der Waals surface area contributed by atoms with Crippen LogP contribution in [0.15, 0.2) is 24.3 Å². The Morgan fingerprint density at radius 2 is 1.96 bits per heavy atom. The molecule has 0 bridgehead atoms. The molecule has 1 aliphatic heterocycles. The van der Waals surface area contributed by atoms with Gasteiger partial charge in [-0.15, -0.1) is 0 Å². The number of amides is 1. The van der Waals surface area contributed by atoms with Crippen molar-refractivity contribution in [3.8, 4) is 0 Å². The zero-order valence-electron chi connectivity index (χ0n) is 14.8. The Labute approximate surface area is 145 Å². The Kier molecular flexibility index (Phi) is 5.41. The summed E-state index contributed by atoms with van der Waals surface area (Å²) >= 11 is 0. The summed E-state index contributed by atoms with van der Waals surface area (Å²) in [5, 5.41) is 2.97. The number of rotatable bonds is 7. The molecule has 3 rings (SSSR count). The fraction of sp³-hybridized carbons (Fsp3) is 0.632. The number of carbonyl (C=O) groups excluding carboxylic acids is 1. The summed E-state index contributed by atoms with van der Waals surface area (Å²) in [6, 6.07) is 8.75. The van der Waals surface area contributed by atoms with Crippen molar-refractivity contribution in [1.82, 2.24) is 10.2 Å². The minimum absolute atomic E-state index is 0.0364. The van der Waals surface area contributed by atoms with E-state index in [-0.39, 0.29) is 5.91 Å². The Hall–Kier alpha value is -1.59. The molecule has 1 amide bonds. The van der Waals surface area contributed by atoms with Gasteiger partial charge in [-0.2, -0.15) is 0 Å². The first kappa shape index (κ1) is 17.2. The van der Waals surface area contributed by atoms with Crippen LogP contribution >= 0.6 is 0 Å². The SMILES string of the molecule is Cc1cccc(N2CCN(CCCCNC(=O)C3(N)CC3)CC2)c1. The van der Waals surface area contributed by atoms with Gasteiger partial charge in [-0.1, -0.05) is 12.1 Å². The fourth-order valence-electron chi connectivity index (χ4n) is 3.25. The minimum Gasteiger partial charge on any atom is -0.369 e. The van der Waals surface area contributed by atoms with Crippen LogP contribution in [-0.2, 0) is 4.79 Å². The van der Waals surface area contributed by atoms with Gasteiger partial charge >= 0.3 is 0 Å². The molecule has 1 aromatic carbocycles. The number of carbonyl (C=O) groups is 1. The van der Waals surface area contributed by atoms with Gasteiger partial charge in [-0.3, -0.25) is 9.69 Å². The number of unbranched alkanes of at least 4 members (excludes halogenated alkanes) is 1. The first-order valence-corrected chi connectivity index (χ1v) is 9.18. The number of piperazine rings is 1. The molecule has 1 heterocycles. The highest BCUT2D eigenvalue weighted by atomic mass is 16.2. The van der Waals surface area contributed by atoms with Gasteiger partial charge in [0.05, 0.1) is 5.54 Å². The summed E-state index contributed by atoms with van der Waals surface area (Å²) in [5.74, 6) is 0.0364. The zero-order valence-corrected chi connectivity index (χ0v) is 14.8. The number of nitrogens with one attached hydrogen (secondary N) is 1. The number of hydrogen-bond donors (Lipinski definition) is 2. The summed E-state index contributed by atoms with van der Waals surface area (Å²) in [6.45, 7) is 8.44. The van der Waals surface area contributed by atoms with Crippen LogP contribution in [0.2, 0.25) is 0 Å². The first-order valence-electron chi connectivity index (χ1n) is 9.18. The molecule has 1 saturated carbocycles. The van der Waals surface area contributed by atoms with E-state index in [0.717, 1.165) is 65.0 Å². The molecule has 2 aliphatic rings. The molecule has 24 heavy (non-hydrogen) atoms. The second-order valence-electron chi connectivity index (χ2n) is 7.29. The van der Waals surface area contributed by atoms with Crippen molar-refractivity contribution >= 4 is 11.6 Å². The third-order valence-corrected chi connectivity index (χ3v) is 5.17. The monoisotopic (exact) mass is 330 g/mol. The third-order valence-electron chi connectivity index (χ3n) is 5.17. The highest BCUT2D eigenvalue weighted by Gasteiger charge is 2.45. The molecule has 0 atom stereocenters. The van der Waals surface area contributed by atoms with Crippen LogP contribution in [0.25, 0.3) is 0 Å². The van der Waals surface area contributed by atoms with E-state index in [4.69, 9.17) is 5.73 Å². The van der Waals surface area contributed by atoms with E-state index < -0.39 is 5.54 Å². The number of anilines is 1. The predicted octanol–water partition coefficient (Wildman–Crippen LogP) is 1.50. The zero-order chi connectivity index (χ0) is 17.0. The van der Waals surface area contributed by atoms with E-state index in [2.05, 4.69) is 46.3 Å². The summed E-state index contributed by atoms with van der Waals surface area (Å²) in [7, 11) is 0. The molecular weight excluding hydrogens is 300 g/mol. The largest absolute Gasteiger partial charge is 0.369 e. The maximum atomic E-state index is 11.7. The van der Waals surface area contributed by atoms with E-state index in [9.17, 15) is 4.79 Å². The molecule has 132 valence electrons. The first-order chi connectivity index (χ1) is 11.6. The smallest absolute Gasteiger partial charge is 0.240 e. The van der Waals surface area contributed by atoms with Crippen LogP contribution in [0, 0.1) is 6.92 Å². The van der Waals surface area contributed by atoms with Crippen molar-refractivity contribution in [2.75, 3.05) is 44.2 Å². The number of nitrogens with zero attached hydrogens (tertiary/aromatic N) is 2. The number of nitrogens with two attached hydrogens (primary N) is 1. The Morgan fingerprint density at radius 1 is 1.21 bits per heavy atom. The van der Waals surface area contributed by atoms with Crippen molar-refractivity contribution in [1.29, 1.82) is 0 Å². The van der Waals surface area contributed by atoms with E-state index in [1.165, 1.54) is 11.3 Å². The van der Waals surface area contributed by atoms with Crippen molar-refractivity contribution in [3.05, 3.63) is 29.8 Å². The summed E-state index contributed by atoms with van der Waals surface area (Å²) in [4.78, 5) is 16.7. The molecule has 1 aromatic rings. The molecule has 5 heteroatoms. The van der Waals surface area contributed by atoms with Gasteiger partial charge in [0, 0.05) is 38.4 Å². The Balaban J connectivity index is 1.29. The molecular formula is C19H30N4O. The quantitative estimate of drug-likeness (QED) is 0.744. The highest BCUT2D eigenvalue weighted by Crippen LogP contribution is 2.31. The van der Waals surface area contributed by atoms with Gasteiger partial charge in [0.2, 0.25) is 5.91 Å². The summed E-state index contributed by atoms with van der Waals surface area (Å²) < 4.78 is 0. The van der Waals surface area contributed by atoms with Gasteiger partial charge < -0.3 is 16.0 Å². The van der Waals surface area contributed by atoms with Crippen LogP contribution < -0.4 is 16.0 Å². The normalized spacial score (nSPS) is 20.0. The highest BCUT2D eigenvalue weighted by molar-refractivity contribution is 5.88. The second-order valence-corrected chi connectivity index (χ2v) is 7.29. The molecule has 0 aromatic heterocycles. The minimum atomic E-state index is -0.536. The lowest BCUT2D eigenvalue weighted by atomic mass is 10.2. The van der Waals surface area contributed by atoms with Gasteiger partial charge in [-0.25, -0.2) is 0 Å². The number of benzene rings is 1. The lowest BCUT2D eigenvalue weighted by molar-refractivity contribution is -0.123.